The van der Waals surface area contributed by atoms with Gasteiger partial charge in [-0.25, -0.2) is 4.98 Å². The van der Waals surface area contributed by atoms with Crippen LogP contribution in [0, 0.1) is 13.3 Å². The fraction of sp³-hybridized carbons (Fsp3) is 0.130. The average molecular weight is 978 g/mol. The minimum absolute atomic E-state index is 0.135. The van der Waals surface area contributed by atoms with Gasteiger partial charge in [-0.3, -0.25) is 13.7 Å². The predicted molar refractivity (Wildman–Crippen MR) is 306 cm³/mol. The number of pyridine rings is 1. The first-order chi connectivity index (χ1) is 43.8. The van der Waals surface area contributed by atoms with Crippen molar-refractivity contribution in [2.45, 2.75) is 59.3 Å². The van der Waals surface area contributed by atoms with Gasteiger partial charge < -0.3 is 4.74 Å². The van der Waals surface area contributed by atoms with E-state index < -0.39 is 153 Å². The highest BCUT2D eigenvalue weighted by Gasteiger charge is 2.24. The highest BCUT2D eigenvalue weighted by Crippen LogP contribution is 2.40. The van der Waals surface area contributed by atoms with Crippen LogP contribution in [0.2, 0.25) is 0 Å². The number of aromatic nitrogens is 4. The third kappa shape index (κ3) is 8.64. The zero-order valence-electron chi connectivity index (χ0n) is 60.6. The number of benzene rings is 9. The zero-order valence-corrected chi connectivity index (χ0v) is 41.6. The molecule has 0 radical (unpaired) electrons. The summed E-state index contributed by atoms with van der Waals surface area (Å²) in [5.74, 6) is 1.59. The molecule has 0 bridgehead atoms. The van der Waals surface area contributed by atoms with Crippen LogP contribution < -0.4 is 9.30 Å². The number of rotatable bonds is 9. The summed E-state index contributed by atoms with van der Waals surface area (Å²) < 4.78 is 187. The average Bonchev–Trinajstić information content (AvgIpc) is 1.63. The number of para-hydroxylation sites is 4. The Morgan fingerprint density at radius 2 is 1.12 bits per heavy atom. The van der Waals surface area contributed by atoms with Gasteiger partial charge in [-0.2, -0.15) is 0 Å². The Balaban J connectivity index is 1.14. The van der Waals surface area contributed by atoms with Crippen LogP contribution in [0.3, 0.4) is 0 Å². The monoisotopic (exact) mass is 978 g/mol. The molecule has 0 unspecified atom stereocenters. The van der Waals surface area contributed by atoms with Crippen molar-refractivity contribution in [2.75, 3.05) is 0 Å². The second-order valence-electron chi connectivity index (χ2n) is 20.1. The maximum atomic E-state index is 9.83. The molecule has 0 N–H and O–H groups in total. The Morgan fingerprint density at radius 3 is 1.84 bits per heavy atom. The summed E-state index contributed by atoms with van der Waals surface area (Å²) in [4.78, 5) is 4.85. The lowest BCUT2D eigenvalue weighted by Gasteiger charge is -2.22. The molecule has 0 saturated heterocycles. The van der Waals surface area contributed by atoms with Crippen LogP contribution in [0.25, 0.3) is 94.5 Å². The SMILES string of the molecule is [2H]c1cc(-c2c([2H])c([2H])c(-c3c([2H])c([2H])c([2H])c(-c4c([2H])c([2H])c(-c5c([2H])c([2H])c([2H])c([2H])c5[2H])c([2H])c4[2H])c3-[n+]3[c-]n(-c4cc(Oc5ccc6c7ccccc7n(-c7cc(C(C)(C)C)ccn7)c6c5)cc(C(C)(C)C)c4)c4ccccc43)c([2H])c2[2H])c([2H])c([2H])c1C. The van der Waals surface area contributed by atoms with Crippen LogP contribution in [0.15, 0.2) is 224 Å². The van der Waals surface area contributed by atoms with Gasteiger partial charge in [0.15, 0.2) is 0 Å². The number of nitrogens with zero attached hydrogens (tertiary/aromatic N) is 4. The van der Waals surface area contributed by atoms with Crippen LogP contribution in [0.1, 0.15) is 84.3 Å². The lowest BCUT2D eigenvalue weighted by atomic mass is 9.86. The molecule has 0 fully saturated rings. The molecule has 9 aromatic carbocycles. The molecule has 0 aliphatic heterocycles. The van der Waals surface area contributed by atoms with E-state index >= 15 is 0 Å². The van der Waals surface area contributed by atoms with Crippen LogP contribution in [0.4, 0.5) is 0 Å². The summed E-state index contributed by atoms with van der Waals surface area (Å²) in [5.41, 5.74) is -0.721. The van der Waals surface area contributed by atoms with Crippen LogP contribution in [-0.4, -0.2) is 14.1 Å². The van der Waals surface area contributed by atoms with E-state index in [0.29, 0.717) is 22.7 Å². The minimum atomic E-state index is -0.914. The second kappa shape index (κ2) is 18.4. The molecular weight excluding hydrogens is 901 g/mol. The van der Waals surface area contributed by atoms with E-state index in [2.05, 4.69) is 43.8 Å². The fourth-order valence-electron chi connectivity index (χ4n) is 9.07. The summed E-state index contributed by atoms with van der Waals surface area (Å²) in [6.07, 6.45) is 5.18. The molecule has 74 heavy (non-hydrogen) atoms. The van der Waals surface area contributed by atoms with Crippen LogP contribution in [0.5, 0.6) is 11.5 Å². The van der Waals surface area contributed by atoms with Crippen molar-refractivity contribution in [2.24, 2.45) is 0 Å². The van der Waals surface area contributed by atoms with Gasteiger partial charge in [-0.05, 0) is 122 Å². The maximum absolute atomic E-state index is 9.83. The van der Waals surface area contributed by atoms with Gasteiger partial charge >= 0.3 is 0 Å². The Kier molecular flexibility index (Phi) is 7.35. The second-order valence-corrected chi connectivity index (χ2v) is 20.1. The van der Waals surface area contributed by atoms with Crippen LogP contribution >= 0.6 is 0 Å². The Hall–Kier alpha value is -8.80. The van der Waals surface area contributed by atoms with E-state index in [1.165, 1.54) is 17.6 Å². The Bertz CT molecular complexity index is 5150. The molecule has 0 aliphatic rings. The van der Waals surface area contributed by atoms with E-state index in [4.69, 9.17) is 20.7 Å². The van der Waals surface area contributed by atoms with Gasteiger partial charge in [0, 0.05) is 23.0 Å². The molecule has 360 valence electrons. The molecule has 0 spiro atoms. The molecule has 0 atom stereocenters. The van der Waals surface area contributed by atoms with Crippen molar-refractivity contribution in [3.8, 4) is 73.2 Å². The van der Waals surface area contributed by atoms with E-state index in [1.54, 1.807) is 34.9 Å². The van der Waals surface area contributed by atoms with E-state index in [-0.39, 0.29) is 34.1 Å². The predicted octanol–water partition coefficient (Wildman–Crippen LogP) is 17.6. The summed E-state index contributed by atoms with van der Waals surface area (Å²) >= 11 is 0. The van der Waals surface area contributed by atoms with Crippen molar-refractivity contribution in [1.29, 1.82) is 0 Å². The first-order valence-electron chi connectivity index (χ1n) is 33.6. The lowest BCUT2D eigenvalue weighted by Crippen LogP contribution is -2.31. The summed E-state index contributed by atoms with van der Waals surface area (Å²) in [7, 11) is 0. The van der Waals surface area contributed by atoms with E-state index in [0.717, 1.165) is 38.8 Å². The number of hydrogen-bond acceptors (Lipinski definition) is 2. The summed E-state index contributed by atoms with van der Waals surface area (Å²) in [5, 5.41) is 1.98. The van der Waals surface area contributed by atoms with Crippen molar-refractivity contribution in [3.05, 3.63) is 247 Å². The molecule has 3 heterocycles. The maximum Gasteiger partial charge on any atom is 0.269 e. The van der Waals surface area contributed by atoms with Crippen molar-refractivity contribution < 1.29 is 35.3 Å². The number of fused-ring (bicyclic) bond motifs is 4. The topological polar surface area (TPSA) is 35.9 Å². The minimum Gasteiger partial charge on any atom is -0.458 e. The molecule has 3 aromatic heterocycles. The summed E-state index contributed by atoms with van der Waals surface area (Å²) in [6.45, 7) is 14.0. The molecule has 12 aromatic rings. The molecule has 5 nitrogen and oxygen atoms in total. The number of ether oxygens (including phenoxy) is 1. The van der Waals surface area contributed by atoms with E-state index in [9.17, 15) is 15.1 Å². The smallest absolute Gasteiger partial charge is 0.269 e. The third-order valence-electron chi connectivity index (χ3n) is 13.0. The van der Waals surface area contributed by atoms with Gasteiger partial charge in [0.25, 0.3) is 6.33 Å². The zero-order chi connectivity index (χ0) is 67.3. The molecular formula is C69H58N4O. The molecule has 5 heteroatoms. The highest BCUT2D eigenvalue weighted by atomic mass is 16.5. The summed E-state index contributed by atoms with van der Waals surface area (Å²) in [6, 6.07) is 17.1. The quantitative estimate of drug-likeness (QED) is 0.107. The lowest BCUT2D eigenvalue weighted by molar-refractivity contribution is -0.571. The molecule has 12 rings (SSSR count). The van der Waals surface area contributed by atoms with Crippen LogP contribution in [-0.2, 0) is 10.8 Å². The first-order valence-corrected chi connectivity index (χ1v) is 24.1. The Morgan fingerprint density at radius 1 is 0.500 bits per heavy atom. The standard InChI is InChI=1S/C69H58N4O/c1-46-24-26-48(27-25-46)50-30-34-52(35-31-50)59-20-15-19-58(51-32-28-49(29-33-51)47-16-9-8-10-17-47)67(59)72-45-71(63-22-13-14-23-64(63)72)55-40-54(69(5,6)7)41-57(43-55)74-56-36-37-61-60-18-11-12-21-62(60)73(65(61)44-56)66-42-53(38-39-70-66)68(2,3)4/h8-44H,1-7H3/i8D,9D,10D,15D,16D,17D,19D,20D,24D,25D,26D,28D,29D,30D,31D,32D,33D,34D,35D. The van der Waals surface area contributed by atoms with E-state index in [1.807, 2.05) is 81.6 Å². The van der Waals surface area contributed by atoms with Crippen molar-refractivity contribution in [1.82, 2.24) is 14.1 Å². The van der Waals surface area contributed by atoms with Gasteiger partial charge in [0.1, 0.15) is 17.3 Å². The molecule has 0 saturated carbocycles. The number of imidazole rings is 1. The first kappa shape index (κ1) is 29.7. The van der Waals surface area contributed by atoms with Gasteiger partial charge in [0.2, 0.25) is 0 Å². The number of hydrogen-bond donors (Lipinski definition) is 0. The van der Waals surface area contributed by atoms with Crippen molar-refractivity contribution in [3.63, 3.8) is 0 Å². The molecule has 0 aliphatic carbocycles. The largest absolute Gasteiger partial charge is 0.458 e. The molecule has 0 amide bonds. The third-order valence-corrected chi connectivity index (χ3v) is 13.0. The van der Waals surface area contributed by atoms with Gasteiger partial charge in [-0.15, -0.1) is 0 Å². The normalized spacial score (nSPS) is 15.6. The Labute approximate surface area is 461 Å². The van der Waals surface area contributed by atoms with Crippen molar-refractivity contribution >= 4 is 32.8 Å². The fourth-order valence-corrected chi connectivity index (χ4v) is 9.07. The van der Waals surface area contributed by atoms with Gasteiger partial charge in [0.05, 0.1) is 59.5 Å². The highest BCUT2D eigenvalue weighted by molar-refractivity contribution is 6.09. The van der Waals surface area contributed by atoms with Gasteiger partial charge in [-0.1, -0.05) is 210 Å².